The van der Waals surface area contributed by atoms with Gasteiger partial charge in [0.25, 0.3) is 0 Å². The lowest BCUT2D eigenvalue weighted by Crippen LogP contribution is -2.18. The van der Waals surface area contributed by atoms with Crippen molar-refractivity contribution in [3.05, 3.63) is 29.3 Å². The summed E-state index contributed by atoms with van der Waals surface area (Å²) >= 11 is 0. The molecule has 0 amide bonds. The summed E-state index contributed by atoms with van der Waals surface area (Å²) < 4.78 is 5.52. The Morgan fingerprint density at radius 1 is 1.33 bits per heavy atom. The first-order chi connectivity index (χ1) is 8.77. The average molecular weight is 246 g/mol. The summed E-state index contributed by atoms with van der Waals surface area (Å²) in [5.41, 5.74) is 2.52. The van der Waals surface area contributed by atoms with Crippen LogP contribution >= 0.6 is 0 Å². The van der Waals surface area contributed by atoms with E-state index in [1.54, 1.807) is 0 Å². The SMILES string of the molecule is CCOc1ccc(CCNCCCC#N)cc1C. The first-order valence-corrected chi connectivity index (χ1v) is 6.58. The summed E-state index contributed by atoms with van der Waals surface area (Å²) in [5, 5.41) is 11.8. The molecule has 0 saturated heterocycles. The minimum atomic E-state index is 0.634. The standard InChI is InChI=1S/C15H22N2O/c1-3-18-15-7-6-14(12-13(15)2)8-11-17-10-5-4-9-16/h6-7,12,17H,3-5,8,10-11H2,1-2H3. The number of benzene rings is 1. The van der Waals surface area contributed by atoms with Gasteiger partial charge in [-0.05, 0) is 57.0 Å². The second kappa shape index (κ2) is 8.54. The van der Waals surface area contributed by atoms with E-state index < -0.39 is 0 Å². The molecule has 1 N–H and O–H groups in total. The molecule has 0 aliphatic heterocycles. The van der Waals surface area contributed by atoms with Crippen molar-refractivity contribution in [1.82, 2.24) is 5.32 Å². The van der Waals surface area contributed by atoms with Gasteiger partial charge in [0.1, 0.15) is 5.75 Å². The van der Waals surface area contributed by atoms with Crippen LogP contribution in [0.4, 0.5) is 0 Å². The highest BCUT2D eigenvalue weighted by Gasteiger charge is 2.00. The fourth-order valence-electron chi connectivity index (χ4n) is 1.83. The molecule has 0 fully saturated rings. The van der Waals surface area contributed by atoms with Gasteiger partial charge in [-0.25, -0.2) is 0 Å². The summed E-state index contributed by atoms with van der Waals surface area (Å²) in [7, 11) is 0. The van der Waals surface area contributed by atoms with Gasteiger partial charge in [0, 0.05) is 6.42 Å². The molecule has 3 nitrogen and oxygen atoms in total. The van der Waals surface area contributed by atoms with Gasteiger partial charge in [-0.1, -0.05) is 12.1 Å². The third-order valence-corrected chi connectivity index (χ3v) is 2.77. The highest BCUT2D eigenvalue weighted by molar-refractivity contribution is 5.36. The minimum absolute atomic E-state index is 0.634. The van der Waals surface area contributed by atoms with Crippen LogP contribution in [0.2, 0.25) is 0 Å². The van der Waals surface area contributed by atoms with Gasteiger partial charge in [-0.3, -0.25) is 0 Å². The Morgan fingerprint density at radius 3 is 2.83 bits per heavy atom. The van der Waals surface area contributed by atoms with E-state index in [1.807, 2.05) is 13.0 Å². The van der Waals surface area contributed by atoms with Crippen molar-refractivity contribution < 1.29 is 4.74 Å². The second-order valence-electron chi connectivity index (χ2n) is 4.29. The summed E-state index contributed by atoms with van der Waals surface area (Å²) in [4.78, 5) is 0. The molecule has 0 aliphatic carbocycles. The lowest BCUT2D eigenvalue weighted by molar-refractivity contribution is 0.338. The van der Waals surface area contributed by atoms with E-state index in [2.05, 4.69) is 30.4 Å². The average Bonchev–Trinajstić information content (AvgIpc) is 2.37. The number of unbranched alkanes of at least 4 members (excludes halogenated alkanes) is 1. The van der Waals surface area contributed by atoms with E-state index in [9.17, 15) is 0 Å². The van der Waals surface area contributed by atoms with Crippen molar-refractivity contribution in [3.63, 3.8) is 0 Å². The van der Waals surface area contributed by atoms with E-state index in [0.29, 0.717) is 13.0 Å². The van der Waals surface area contributed by atoms with Crippen LogP contribution in [0.3, 0.4) is 0 Å². The van der Waals surface area contributed by atoms with Crippen molar-refractivity contribution in [3.8, 4) is 11.8 Å². The van der Waals surface area contributed by atoms with E-state index in [1.165, 1.54) is 11.1 Å². The zero-order valence-corrected chi connectivity index (χ0v) is 11.3. The van der Waals surface area contributed by atoms with Gasteiger partial charge in [-0.2, -0.15) is 5.26 Å². The molecule has 1 rings (SSSR count). The van der Waals surface area contributed by atoms with Crippen LogP contribution in [-0.2, 0) is 6.42 Å². The highest BCUT2D eigenvalue weighted by atomic mass is 16.5. The maximum atomic E-state index is 8.41. The predicted molar refractivity (Wildman–Crippen MR) is 73.8 cm³/mol. The fraction of sp³-hybridized carbons (Fsp3) is 0.533. The number of ether oxygens (including phenoxy) is 1. The van der Waals surface area contributed by atoms with Crippen LogP contribution in [0.25, 0.3) is 0 Å². The maximum Gasteiger partial charge on any atom is 0.122 e. The second-order valence-corrected chi connectivity index (χ2v) is 4.29. The third kappa shape index (κ3) is 5.20. The molecule has 1 aromatic rings. The molecule has 18 heavy (non-hydrogen) atoms. The van der Waals surface area contributed by atoms with Gasteiger partial charge >= 0.3 is 0 Å². The summed E-state index contributed by atoms with van der Waals surface area (Å²) in [5.74, 6) is 0.975. The third-order valence-electron chi connectivity index (χ3n) is 2.77. The quantitative estimate of drug-likeness (QED) is 0.717. The Bertz CT molecular complexity index is 396. The molecule has 98 valence electrons. The first-order valence-electron chi connectivity index (χ1n) is 6.58. The minimum Gasteiger partial charge on any atom is -0.494 e. The molecule has 0 radical (unpaired) electrons. The molecule has 0 aromatic heterocycles. The van der Waals surface area contributed by atoms with Crippen molar-refractivity contribution >= 4 is 0 Å². The molecule has 1 aromatic carbocycles. The van der Waals surface area contributed by atoms with Gasteiger partial charge in [0.15, 0.2) is 0 Å². The molecular weight excluding hydrogens is 224 g/mol. The van der Waals surface area contributed by atoms with E-state index in [4.69, 9.17) is 10.00 Å². The van der Waals surface area contributed by atoms with E-state index in [-0.39, 0.29) is 0 Å². The molecule has 0 heterocycles. The number of aryl methyl sites for hydroxylation is 1. The smallest absolute Gasteiger partial charge is 0.122 e. The number of rotatable bonds is 8. The van der Waals surface area contributed by atoms with Crippen LogP contribution in [0.1, 0.15) is 30.9 Å². The Hall–Kier alpha value is -1.53. The molecule has 0 aliphatic rings. The zero-order valence-electron chi connectivity index (χ0n) is 11.3. The van der Waals surface area contributed by atoms with Crippen LogP contribution in [0.15, 0.2) is 18.2 Å². The molecular formula is C15H22N2O. The number of nitriles is 1. The van der Waals surface area contributed by atoms with E-state index >= 15 is 0 Å². The van der Waals surface area contributed by atoms with E-state index in [0.717, 1.165) is 31.7 Å². The van der Waals surface area contributed by atoms with Gasteiger partial charge in [-0.15, -0.1) is 0 Å². The van der Waals surface area contributed by atoms with Crippen molar-refractivity contribution in [2.24, 2.45) is 0 Å². The molecule has 0 spiro atoms. The van der Waals surface area contributed by atoms with Crippen LogP contribution < -0.4 is 10.1 Å². The van der Waals surface area contributed by atoms with Crippen LogP contribution in [0, 0.1) is 18.3 Å². The lowest BCUT2D eigenvalue weighted by Gasteiger charge is -2.09. The largest absolute Gasteiger partial charge is 0.494 e. The van der Waals surface area contributed by atoms with Crippen LogP contribution in [0.5, 0.6) is 5.75 Å². The first kappa shape index (κ1) is 14.5. The number of hydrogen-bond donors (Lipinski definition) is 1. The van der Waals surface area contributed by atoms with Crippen molar-refractivity contribution in [2.75, 3.05) is 19.7 Å². The monoisotopic (exact) mass is 246 g/mol. The zero-order chi connectivity index (χ0) is 13.2. The Morgan fingerprint density at radius 2 is 2.17 bits per heavy atom. The van der Waals surface area contributed by atoms with Gasteiger partial charge in [0.05, 0.1) is 12.7 Å². The highest BCUT2D eigenvalue weighted by Crippen LogP contribution is 2.19. The fourth-order valence-corrected chi connectivity index (χ4v) is 1.83. The molecule has 3 heteroatoms. The Kier molecular flexibility index (Phi) is 6.90. The molecule has 0 unspecified atom stereocenters. The molecule has 0 atom stereocenters. The van der Waals surface area contributed by atoms with Crippen molar-refractivity contribution in [1.29, 1.82) is 5.26 Å². The van der Waals surface area contributed by atoms with Crippen LogP contribution in [-0.4, -0.2) is 19.7 Å². The Labute approximate surface area is 110 Å². The number of nitrogens with one attached hydrogen (secondary N) is 1. The molecule has 0 bridgehead atoms. The van der Waals surface area contributed by atoms with Crippen molar-refractivity contribution in [2.45, 2.75) is 33.1 Å². The maximum absolute atomic E-state index is 8.41. The number of nitrogens with zero attached hydrogens (tertiary/aromatic N) is 1. The normalized spacial score (nSPS) is 10.1. The summed E-state index contributed by atoms with van der Waals surface area (Å²) in [6, 6.07) is 8.50. The summed E-state index contributed by atoms with van der Waals surface area (Å²) in [6.45, 7) is 6.66. The Balaban J connectivity index is 2.30. The van der Waals surface area contributed by atoms with Gasteiger partial charge in [0.2, 0.25) is 0 Å². The lowest BCUT2D eigenvalue weighted by atomic mass is 10.1. The molecule has 0 saturated carbocycles. The van der Waals surface area contributed by atoms with Gasteiger partial charge < -0.3 is 10.1 Å². The number of hydrogen-bond acceptors (Lipinski definition) is 3. The predicted octanol–water partition coefficient (Wildman–Crippen LogP) is 2.83. The topological polar surface area (TPSA) is 45.0 Å². The summed E-state index contributed by atoms with van der Waals surface area (Å²) in [6.07, 6.45) is 2.58.